The van der Waals surface area contributed by atoms with E-state index in [-0.39, 0.29) is 0 Å². The molecule has 2 rings (SSSR count). The minimum Gasteiger partial charge on any atom is -0.274 e. The number of nitrogens with two attached hydrogens (primary N) is 2. The SMILES string of the molecule is NN.c1ncc2sccc2n1. The molecule has 58 valence electrons. The fourth-order valence-electron chi connectivity index (χ4n) is 0.714. The molecule has 0 radical (unpaired) electrons. The summed E-state index contributed by atoms with van der Waals surface area (Å²) in [6.07, 6.45) is 3.39. The van der Waals surface area contributed by atoms with Gasteiger partial charge in [-0.2, -0.15) is 0 Å². The summed E-state index contributed by atoms with van der Waals surface area (Å²) in [6, 6.07) is 1.99. The molecule has 0 amide bonds. The van der Waals surface area contributed by atoms with Gasteiger partial charge in [-0.15, -0.1) is 11.3 Å². The summed E-state index contributed by atoms with van der Waals surface area (Å²) in [5.41, 5.74) is 1.04. The Morgan fingerprint density at radius 3 is 2.91 bits per heavy atom. The lowest BCUT2D eigenvalue weighted by atomic mass is 10.5. The smallest absolute Gasteiger partial charge is 0.116 e. The van der Waals surface area contributed by atoms with Crippen LogP contribution in [0.4, 0.5) is 0 Å². The molecule has 5 heteroatoms. The Hall–Kier alpha value is -1.04. The molecule has 0 aliphatic rings. The number of aromatic nitrogens is 2. The zero-order valence-electron chi connectivity index (χ0n) is 5.77. The fourth-order valence-corrected chi connectivity index (χ4v) is 1.42. The molecule has 11 heavy (non-hydrogen) atoms. The molecule has 0 unspecified atom stereocenters. The molecule has 0 aliphatic carbocycles. The summed E-state index contributed by atoms with van der Waals surface area (Å²) in [5.74, 6) is 8.00. The van der Waals surface area contributed by atoms with Gasteiger partial charge in [-0.3, -0.25) is 11.7 Å². The zero-order chi connectivity index (χ0) is 8.10. The maximum Gasteiger partial charge on any atom is 0.116 e. The Morgan fingerprint density at radius 1 is 1.36 bits per heavy atom. The Balaban J connectivity index is 0.000000281. The van der Waals surface area contributed by atoms with Gasteiger partial charge < -0.3 is 0 Å². The van der Waals surface area contributed by atoms with Crippen LogP contribution in [-0.2, 0) is 0 Å². The van der Waals surface area contributed by atoms with Crippen molar-refractivity contribution < 1.29 is 0 Å². The molecule has 4 N–H and O–H groups in total. The highest BCUT2D eigenvalue weighted by Gasteiger charge is 1.90. The topological polar surface area (TPSA) is 77.8 Å². The van der Waals surface area contributed by atoms with Gasteiger partial charge in [0.2, 0.25) is 0 Å². The largest absolute Gasteiger partial charge is 0.274 e. The van der Waals surface area contributed by atoms with Gasteiger partial charge in [-0.05, 0) is 11.4 Å². The number of hydrogen-bond donors (Lipinski definition) is 2. The fraction of sp³-hybridized carbons (Fsp3) is 0. The minimum atomic E-state index is 1.04. The van der Waals surface area contributed by atoms with E-state index in [1.165, 1.54) is 0 Å². The highest BCUT2D eigenvalue weighted by Crippen LogP contribution is 2.15. The third kappa shape index (κ3) is 1.70. The van der Waals surface area contributed by atoms with Gasteiger partial charge in [-0.1, -0.05) is 0 Å². The van der Waals surface area contributed by atoms with E-state index in [2.05, 4.69) is 21.7 Å². The van der Waals surface area contributed by atoms with Gasteiger partial charge in [0.25, 0.3) is 0 Å². The first-order valence-corrected chi connectivity index (χ1v) is 3.81. The molecular weight excluding hydrogens is 160 g/mol. The van der Waals surface area contributed by atoms with Crippen molar-refractivity contribution in [2.45, 2.75) is 0 Å². The highest BCUT2D eigenvalue weighted by molar-refractivity contribution is 7.17. The van der Waals surface area contributed by atoms with Gasteiger partial charge in [-0.25, -0.2) is 9.97 Å². The number of fused-ring (bicyclic) bond motifs is 1. The molecular formula is C6H8N4S. The van der Waals surface area contributed by atoms with Crippen LogP contribution in [0.2, 0.25) is 0 Å². The van der Waals surface area contributed by atoms with Gasteiger partial charge in [0.15, 0.2) is 0 Å². The van der Waals surface area contributed by atoms with Crippen molar-refractivity contribution in [2.75, 3.05) is 0 Å². The van der Waals surface area contributed by atoms with Crippen molar-refractivity contribution in [3.05, 3.63) is 24.0 Å². The van der Waals surface area contributed by atoms with Gasteiger partial charge in [0.1, 0.15) is 6.33 Å². The normalized spacial score (nSPS) is 8.91. The van der Waals surface area contributed by atoms with Crippen LogP contribution in [0, 0.1) is 0 Å². The summed E-state index contributed by atoms with van der Waals surface area (Å²) < 4.78 is 1.15. The van der Waals surface area contributed by atoms with E-state index in [0.29, 0.717) is 0 Å². The van der Waals surface area contributed by atoms with Crippen molar-refractivity contribution >= 4 is 21.6 Å². The van der Waals surface area contributed by atoms with Crippen molar-refractivity contribution in [3.8, 4) is 0 Å². The summed E-state index contributed by atoms with van der Waals surface area (Å²) in [6.45, 7) is 0. The van der Waals surface area contributed by atoms with Crippen molar-refractivity contribution in [3.63, 3.8) is 0 Å². The van der Waals surface area contributed by atoms with E-state index in [9.17, 15) is 0 Å². The van der Waals surface area contributed by atoms with E-state index >= 15 is 0 Å². The highest BCUT2D eigenvalue weighted by atomic mass is 32.1. The summed E-state index contributed by atoms with van der Waals surface area (Å²) in [7, 11) is 0. The van der Waals surface area contributed by atoms with Crippen molar-refractivity contribution in [1.29, 1.82) is 0 Å². The first-order chi connectivity index (χ1) is 5.47. The van der Waals surface area contributed by atoms with Crippen LogP contribution < -0.4 is 11.7 Å². The second-order valence-electron chi connectivity index (χ2n) is 1.69. The molecule has 0 fully saturated rings. The standard InChI is InChI=1S/C6H4N2S.H4N2/c1-2-9-6-3-7-4-8-5(1)6;1-2/h1-4H;1-2H2. The van der Waals surface area contributed by atoms with E-state index in [1.54, 1.807) is 17.7 Å². The van der Waals surface area contributed by atoms with Crippen LogP contribution in [0.5, 0.6) is 0 Å². The Kier molecular flexibility index (Phi) is 2.91. The summed E-state index contributed by atoms with van der Waals surface area (Å²) >= 11 is 1.66. The average Bonchev–Trinajstić information content (AvgIpc) is 2.55. The molecule has 0 spiro atoms. The molecule has 0 aliphatic heterocycles. The lowest BCUT2D eigenvalue weighted by Crippen LogP contribution is -2.02. The molecule has 2 aromatic heterocycles. The maximum absolute atomic E-state index is 4.04. The second-order valence-corrected chi connectivity index (χ2v) is 2.64. The first-order valence-electron chi connectivity index (χ1n) is 2.93. The lowest BCUT2D eigenvalue weighted by molar-refractivity contribution is 1.23. The zero-order valence-corrected chi connectivity index (χ0v) is 6.58. The van der Waals surface area contributed by atoms with Gasteiger partial charge in [0, 0.05) is 6.20 Å². The van der Waals surface area contributed by atoms with E-state index in [4.69, 9.17) is 0 Å². The molecule has 2 aromatic rings. The maximum atomic E-state index is 4.04. The molecule has 0 saturated heterocycles. The minimum absolute atomic E-state index is 1.04. The Morgan fingerprint density at radius 2 is 2.18 bits per heavy atom. The van der Waals surface area contributed by atoms with Crippen LogP contribution in [0.25, 0.3) is 10.2 Å². The predicted octanol–water partition coefficient (Wildman–Crippen LogP) is 0.510. The van der Waals surface area contributed by atoms with E-state index < -0.39 is 0 Å². The molecule has 4 nitrogen and oxygen atoms in total. The second kappa shape index (κ2) is 3.97. The monoisotopic (exact) mass is 168 g/mol. The van der Waals surface area contributed by atoms with E-state index in [1.807, 2.05) is 17.6 Å². The van der Waals surface area contributed by atoms with Crippen molar-refractivity contribution in [1.82, 2.24) is 9.97 Å². The molecule has 0 saturated carbocycles. The quantitative estimate of drug-likeness (QED) is 0.444. The number of hydrogen-bond acceptors (Lipinski definition) is 5. The number of nitrogens with zero attached hydrogens (tertiary/aromatic N) is 2. The van der Waals surface area contributed by atoms with Crippen LogP contribution >= 0.6 is 11.3 Å². The Labute approximate surface area is 67.8 Å². The Bertz CT molecular complexity index is 289. The summed E-state index contributed by atoms with van der Waals surface area (Å²) in [4.78, 5) is 7.92. The summed E-state index contributed by atoms with van der Waals surface area (Å²) in [5, 5.41) is 2.01. The molecule has 2 heterocycles. The lowest BCUT2D eigenvalue weighted by Gasteiger charge is -1.81. The molecule has 0 bridgehead atoms. The number of rotatable bonds is 0. The van der Waals surface area contributed by atoms with Crippen LogP contribution in [0.1, 0.15) is 0 Å². The number of hydrazine groups is 1. The third-order valence-electron chi connectivity index (χ3n) is 1.13. The molecule has 0 atom stereocenters. The van der Waals surface area contributed by atoms with E-state index in [0.717, 1.165) is 10.2 Å². The third-order valence-corrected chi connectivity index (χ3v) is 1.97. The van der Waals surface area contributed by atoms with Crippen LogP contribution in [-0.4, -0.2) is 9.97 Å². The van der Waals surface area contributed by atoms with Crippen molar-refractivity contribution in [2.24, 2.45) is 11.7 Å². The van der Waals surface area contributed by atoms with Crippen LogP contribution in [0.15, 0.2) is 24.0 Å². The van der Waals surface area contributed by atoms with Crippen LogP contribution in [0.3, 0.4) is 0 Å². The number of thiophene rings is 1. The van der Waals surface area contributed by atoms with Gasteiger partial charge in [0.05, 0.1) is 10.2 Å². The van der Waals surface area contributed by atoms with Gasteiger partial charge >= 0.3 is 0 Å². The average molecular weight is 168 g/mol. The molecule has 0 aromatic carbocycles. The first kappa shape index (κ1) is 8.06. The predicted molar refractivity (Wildman–Crippen MR) is 45.8 cm³/mol.